The molecule has 19 heavy (non-hydrogen) atoms. The average Bonchev–Trinajstić information content (AvgIpc) is 2.28. The van der Waals surface area contributed by atoms with Crippen molar-refractivity contribution in [3.8, 4) is 5.75 Å². The Hall–Kier alpha value is -0.130. The molecule has 0 fully saturated rings. The summed E-state index contributed by atoms with van der Waals surface area (Å²) in [5, 5.41) is -0.125. The highest BCUT2D eigenvalue weighted by atomic mass is 35.6. The number of aromatic nitrogens is 1. The van der Waals surface area contributed by atoms with E-state index in [0.29, 0.717) is 5.69 Å². The van der Waals surface area contributed by atoms with Crippen LogP contribution in [0.2, 0.25) is 10.0 Å². The van der Waals surface area contributed by atoms with Gasteiger partial charge >= 0.3 is 6.16 Å². The molecule has 1 rings (SSSR count). The Morgan fingerprint density at radius 3 is 2.32 bits per heavy atom. The molecule has 0 aliphatic carbocycles. The normalized spacial score (nSPS) is 11.3. The Labute approximate surface area is 134 Å². The third-order valence-corrected chi connectivity index (χ3v) is 3.25. The van der Waals surface area contributed by atoms with Gasteiger partial charge in [0.1, 0.15) is 15.7 Å². The molecule has 0 radical (unpaired) electrons. The minimum Gasteiger partial charge on any atom is -0.434 e. The highest BCUT2D eigenvalue weighted by molar-refractivity contribution is 6.67. The van der Waals surface area contributed by atoms with Crippen LogP contribution in [0.15, 0.2) is 0 Å². The predicted octanol–water partition coefficient (Wildman–Crippen LogP) is 5.06. The molecule has 0 saturated heterocycles. The van der Waals surface area contributed by atoms with Crippen LogP contribution in [0, 0.1) is 6.92 Å². The van der Waals surface area contributed by atoms with Crippen molar-refractivity contribution >= 4 is 64.2 Å². The van der Waals surface area contributed by atoms with Crippen LogP contribution in [0.3, 0.4) is 0 Å². The molecule has 0 unspecified atom stereocenters. The van der Waals surface area contributed by atoms with E-state index in [1.165, 1.54) is 0 Å². The van der Waals surface area contributed by atoms with Gasteiger partial charge in [0.2, 0.25) is 3.79 Å². The molecule has 1 aromatic rings. The smallest absolute Gasteiger partial charge is 0.434 e. The van der Waals surface area contributed by atoms with Crippen LogP contribution in [0.25, 0.3) is 0 Å². The van der Waals surface area contributed by atoms with Gasteiger partial charge in [0.25, 0.3) is 0 Å². The van der Waals surface area contributed by atoms with Crippen LogP contribution < -0.4 is 4.74 Å². The van der Waals surface area contributed by atoms with Gasteiger partial charge < -0.3 is 9.47 Å². The zero-order chi connectivity index (χ0) is 14.8. The first kappa shape index (κ1) is 16.9. The Kier molecular flexibility index (Phi) is 5.83. The maximum atomic E-state index is 11.3. The molecule has 0 atom stereocenters. The second-order valence-electron chi connectivity index (χ2n) is 3.29. The lowest BCUT2D eigenvalue weighted by atomic mass is 10.3. The van der Waals surface area contributed by atoms with E-state index >= 15 is 0 Å². The van der Waals surface area contributed by atoms with E-state index in [0.717, 1.165) is 0 Å². The molecule has 0 aromatic carbocycles. The summed E-state index contributed by atoms with van der Waals surface area (Å²) in [5.74, 6) is -0.157. The third kappa shape index (κ3) is 4.17. The first-order chi connectivity index (χ1) is 8.68. The van der Waals surface area contributed by atoms with Crippen molar-refractivity contribution in [1.82, 2.24) is 4.98 Å². The number of aryl methyl sites for hydroxylation is 1. The number of hydrogen-bond donors (Lipinski definition) is 0. The number of rotatable bonds is 2. The summed E-state index contributed by atoms with van der Waals surface area (Å²) in [6.07, 6.45) is -0.966. The number of hydrogen-bond acceptors (Lipinski definition) is 4. The SMILES string of the molecule is CCOC(=O)Oc1c(Cl)c(C)nc(C(Cl)(Cl)Cl)c1Cl. The fourth-order valence-electron chi connectivity index (χ4n) is 1.14. The summed E-state index contributed by atoms with van der Waals surface area (Å²) < 4.78 is 7.64. The van der Waals surface area contributed by atoms with E-state index in [9.17, 15) is 4.79 Å². The van der Waals surface area contributed by atoms with Gasteiger partial charge in [0.05, 0.1) is 12.3 Å². The summed E-state index contributed by atoms with van der Waals surface area (Å²) in [6.45, 7) is 3.31. The van der Waals surface area contributed by atoms with Crippen LogP contribution in [-0.4, -0.2) is 17.7 Å². The van der Waals surface area contributed by atoms with E-state index in [1.807, 2.05) is 0 Å². The van der Waals surface area contributed by atoms with Crippen LogP contribution >= 0.6 is 58.0 Å². The molecule has 0 bridgehead atoms. The van der Waals surface area contributed by atoms with Crippen LogP contribution in [0.1, 0.15) is 18.3 Å². The highest BCUT2D eigenvalue weighted by Gasteiger charge is 2.32. The Morgan fingerprint density at radius 2 is 1.84 bits per heavy atom. The van der Waals surface area contributed by atoms with E-state index in [-0.39, 0.29) is 28.1 Å². The number of alkyl halides is 3. The molecule has 1 heterocycles. The van der Waals surface area contributed by atoms with Gasteiger partial charge in [-0.15, -0.1) is 0 Å². The fourth-order valence-corrected chi connectivity index (χ4v) is 2.24. The van der Waals surface area contributed by atoms with Crippen molar-refractivity contribution in [1.29, 1.82) is 0 Å². The largest absolute Gasteiger partial charge is 0.513 e. The summed E-state index contributed by atoms with van der Waals surface area (Å²) in [5.41, 5.74) is 0.215. The molecule has 0 aliphatic rings. The highest BCUT2D eigenvalue weighted by Crippen LogP contribution is 2.46. The molecular formula is C10H8Cl5NO3. The summed E-state index contributed by atoms with van der Waals surface area (Å²) in [6, 6.07) is 0. The summed E-state index contributed by atoms with van der Waals surface area (Å²) in [4.78, 5) is 15.3. The molecule has 0 aliphatic heterocycles. The van der Waals surface area contributed by atoms with Gasteiger partial charge in [-0.05, 0) is 13.8 Å². The number of carbonyl (C=O) groups is 1. The lowest BCUT2D eigenvalue weighted by Crippen LogP contribution is -2.14. The van der Waals surface area contributed by atoms with Gasteiger partial charge in [-0.2, -0.15) is 0 Å². The third-order valence-electron chi connectivity index (χ3n) is 1.92. The Morgan fingerprint density at radius 1 is 1.26 bits per heavy atom. The van der Waals surface area contributed by atoms with Crippen molar-refractivity contribution in [2.45, 2.75) is 17.6 Å². The molecular weight excluding hydrogens is 359 g/mol. The van der Waals surface area contributed by atoms with Crippen LogP contribution in [-0.2, 0) is 8.53 Å². The first-order valence-corrected chi connectivity index (χ1v) is 6.84. The van der Waals surface area contributed by atoms with E-state index in [4.69, 9.17) is 62.7 Å². The molecule has 106 valence electrons. The van der Waals surface area contributed by atoms with Crippen molar-refractivity contribution in [2.75, 3.05) is 6.61 Å². The predicted molar refractivity (Wildman–Crippen MR) is 75.9 cm³/mol. The molecule has 1 aromatic heterocycles. The molecule has 0 spiro atoms. The van der Waals surface area contributed by atoms with Crippen molar-refractivity contribution < 1.29 is 14.3 Å². The lowest BCUT2D eigenvalue weighted by molar-refractivity contribution is 0.104. The second-order valence-corrected chi connectivity index (χ2v) is 6.32. The zero-order valence-electron chi connectivity index (χ0n) is 9.77. The van der Waals surface area contributed by atoms with Crippen molar-refractivity contribution in [3.05, 3.63) is 21.4 Å². The number of halogens is 5. The van der Waals surface area contributed by atoms with E-state index in [1.54, 1.807) is 13.8 Å². The Balaban J connectivity index is 3.30. The van der Waals surface area contributed by atoms with Gasteiger partial charge in [0.15, 0.2) is 5.75 Å². The molecule has 0 saturated carbocycles. The monoisotopic (exact) mass is 365 g/mol. The van der Waals surface area contributed by atoms with Gasteiger partial charge in [-0.1, -0.05) is 58.0 Å². The van der Waals surface area contributed by atoms with E-state index in [2.05, 4.69) is 9.72 Å². The minimum atomic E-state index is -1.88. The Bertz CT molecular complexity index is 501. The number of nitrogens with zero attached hydrogens (tertiary/aromatic N) is 1. The first-order valence-electron chi connectivity index (χ1n) is 4.95. The number of carbonyl (C=O) groups excluding carboxylic acids is 1. The van der Waals surface area contributed by atoms with Gasteiger partial charge in [-0.3, -0.25) is 4.98 Å². The maximum Gasteiger partial charge on any atom is 0.513 e. The zero-order valence-corrected chi connectivity index (χ0v) is 13.5. The summed E-state index contributed by atoms with van der Waals surface area (Å²) in [7, 11) is 0. The lowest BCUT2D eigenvalue weighted by Gasteiger charge is -2.17. The van der Waals surface area contributed by atoms with Gasteiger partial charge in [0, 0.05) is 0 Å². The topological polar surface area (TPSA) is 48.4 Å². The molecule has 0 N–H and O–H groups in total. The quantitative estimate of drug-likeness (QED) is 0.542. The van der Waals surface area contributed by atoms with E-state index < -0.39 is 9.95 Å². The van der Waals surface area contributed by atoms with Crippen LogP contribution in [0.5, 0.6) is 5.75 Å². The molecule has 0 amide bonds. The average molecular weight is 367 g/mol. The fraction of sp³-hybridized carbons (Fsp3) is 0.400. The molecule has 4 nitrogen and oxygen atoms in total. The summed E-state index contributed by atoms with van der Waals surface area (Å²) >= 11 is 29.1. The number of pyridine rings is 1. The van der Waals surface area contributed by atoms with Crippen LogP contribution in [0.4, 0.5) is 4.79 Å². The second kappa shape index (κ2) is 6.55. The van der Waals surface area contributed by atoms with Gasteiger partial charge in [-0.25, -0.2) is 4.79 Å². The molecule has 9 heteroatoms. The standard InChI is InChI=1S/C10H8Cl5NO3/c1-3-18-9(17)19-7-5(11)4(2)16-8(6(7)12)10(13,14)15/h3H2,1-2H3. The minimum absolute atomic E-state index is 0.0380. The van der Waals surface area contributed by atoms with Crippen molar-refractivity contribution in [2.24, 2.45) is 0 Å². The number of ether oxygens (including phenoxy) is 2. The van der Waals surface area contributed by atoms with Crippen molar-refractivity contribution in [3.63, 3.8) is 0 Å². The maximum absolute atomic E-state index is 11.3.